The van der Waals surface area contributed by atoms with E-state index in [9.17, 15) is 9.36 Å². The summed E-state index contributed by atoms with van der Waals surface area (Å²) in [5.74, 6) is -1.84. The number of carbonyl (C=O) groups is 1. The third kappa shape index (κ3) is 1.71. The van der Waals surface area contributed by atoms with Crippen LogP contribution < -0.4 is 4.74 Å². The Kier molecular flexibility index (Phi) is 2.50. The van der Waals surface area contributed by atoms with Crippen molar-refractivity contribution in [3.63, 3.8) is 0 Å². The SMILES string of the molecule is COc1ccc2c(c1)C(P(=O)(O)O)OC2=O. The molecule has 7 heteroatoms. The Morgan fingerprint density at radius 1 is 1.44 bits per heavy atom. The Morgan fingerprint density at radius 3 is 2.69 bits per heavy atom. The van der Waals surface area contributed by atoms with Crippen molar-refractivity contribution in [1.82, 2.24) is 0 Å². The van der Waals surface area contributed by atoms with Gasteiger partial charge in [-0.15, -0.1) is 0 Å². The van der Waals surface area contributed by atoms with E-state index in [1.165, 1.54) is 25.3 Å². The summed E-state index contributed by atoms with van der Waals surface area (Å²) < 4.78 is 20.7. The second kappa shape index (κ2) is 3.59. The normalized spacial score (nSPS) is 19.2. The second-order valence-electron chi connectivity index (χ2n) is 3.30. The number of fused-ring (bicyclic) bond motifs is 1. The van der Waals surface area contributed by atoms with E-state index in [0.29, 0.717) is 5.75 Å². The fourth-order valence-electron chi connectivity index (χ4n) is 1.54. The smallest absolute Gasteiger partial charge is 0.370 e. The minimum absolute atomic E-state index is 0.161. The maximum Gasteiger partial charge on any atom is 0.370 e. The Balaban J connectivity index is 2.55. The average Bonchev–Trinajstić information content (AvgIpc) is 2.55. The zero-order valence-corrected chi connectivity index (χ0v) is 9.18. The highest BCUT2D eigenvalue weighted by atomic mass is 31.2. The number of cyclic esters (lactones) is 1. The van der Waals surface area contributed by atoms with E-state index in [-0.39, 0.29) is 11.1 Å². The molecule has 0 amide bonds. The van der Waals surface area contributed by atoms with Crippen LogP contribution in [0.4, 0.5) is 0 Å². The molecule has 1 aliphatic heterocycles. The molecule has 6 nitrogen and oxygen atoms in total. The van der Waals surface area contributed by atoms with Crippen LogP contribution in [0.1, 0.15) is 21.8 Å². The van der Waals surface area contributed by atoms with Crippen LogP contribution in [0.3, 0.4) is 0 Å². The van der Waals surface area contributed by atoms with Gasteiger partial charge >= 0.3 is 13.6 Å². The van der Waals surface area contributed by atoms with Gasteiger partial charge in [-0.2, -0.15) is 0 Å². The van der Waals surface area contributed by atoms with Crippen LogP contribution in [0.2, 0.25) is 0 Å². The van der Waals surface area contributed by atoms with Crippen LogP contribution in [-0.4, -0.2) is 22.9 Å². The van der Waals surface area contributed by atoms with Gasteiger partial charge in [0, 0.05) is 5.56 Å². The molecule has 1 heterocycles. The Bertz CT molecular complexity index is 491. The molecule has 0 saturated carbocycles. The van der Waals surface area contributed by atoms with Gasteiger partial charge in [0.25, 0.3) is 0 Å². The number of benzene rings is 1. The predicted octanol–water partition coefficient (Wildman–Crippen LogP) is 1.04. The van der Waals surface area contributed by atoms with Crippen molar-refractivity contribution in [3.05, 3.63) is 29.3 Å². The van der Waals surface area contributed by atoms with Crippen LogP contribution in [0.25, 0.3) is 0 Å². The van der Waals surface area contributed by atoms with E-state index in [1.807, 2.05) is 0 Å². The molecule has 2 N–H and O–H groups in total. The van der Waals surface area contributed by atoms with Crippen molar-refractivity contribution in [1.29, 1.82) is 0 Å². The predicted molar refractivity (Wildman–Crippen MR) is 53.2 cm³/mol. The van der Waals surface area contributed by atoms with E-state index in [2.05, 4.69) is 4.74 Å². The zero-order chi connectivity index (χ0) is 11.9. The van der Waals surface area contributed by atoms with Gasteiger partial charge in [-0.25, -0.2) is 4.79 Å². The van der Waals surface area contributed by atoms with Crippen molar-refractivity contribution in [2.45, 2.75) is 5.85 Å². The molecule has 16 heavy (non-hydrogen) atoms. The molecule has 2 rings (SSSR count). The Hall–Kier alpha value is -1.36. The second-order valence-corrected chi connectivity index (χ2v) is 4.95. The van der Waals surface area contributed by atoms with Gasteiger partial charge in [-0.05, 0) is 18.2 Å². The topological polar surface area (TPSA) is 93.1 Å². The summed E-state index contributed by atoms with van der Waals surface area (Å²) in [6, 6.07) is 4.35. The van der Waals surface area contributed by atoms with Gasteiger partial charge < -0.3 is 19.3 Å². The number of hydrogen-bond donors (Lipinski definition) is 2. The van der Waals surface area contributed by atoms with Crippen molar-refractivity contribution in [2.24, 2.45) is 0 Å². The minimum Gasteiger partial charge on any atom is -0.497 e. The number of rotatable bonds is 2. The average molecular weight is 244 g/mol. The largest absolute Gasteiger partial charge is 0.497 e. The first kappa shape index (κ1) is 11.1. The van der Waals surface area contributed by atoms with Gasteiger partial charge in [-0.3, -0.25) is 4.57 Å². The van der Waals surface area contributed by atoms with Crippen molar-refractivity contribution in [3.8, 4) is 5.75 Å². The molecule has 0 bridgehead atoms. The molecule has 0 aliphatic carbocycles. The molecule has 0 radical (unpaired) electrons. The van der Waals surface area contributed by atoms with Gasteiger partial charge in [0.2, 0.25) is 5.85 Å². The molecule has 0 aromatic heterocycles. The zero-order valence-electron chi connectivity index (χ0n) is 8.28. The van der Waals surface area contributed by atoms with Crippen molar-refractivity contribution < 1.29 is 28.6 Å². The van der Waals surface area contributed by atoms with Gasteiger partial charge in [0.15, 0.2) is 0 Å². The van der Waals surface area contributed by atoms with Gasteiger partial charge in [-0.1, -0.05) is 0 Å². The fraction of sp³-hybridized carbons (Fsp3) is 0.222. The summed E-state index contributed by atoms with van der Waals surface area (Å²) in [6.45, 7) is 0. The summed E-state index contributed by atoms with van der Waals surface area (Å²) in [4.78, 5) is 29.4. The first-order chi connectivity index (χ1) is 7.43. The van der Waals surface area contributed by atoms with Crippen molar-refractivity contribution in [2.75, 3.05) is 7.11 Å². The van der Waals surface area contributed by atoms with Gasteiger partial charge in [0.1, 0.15) is 5.75 Å². The Morgan fingerprint density at radius 2 is 2.12 bits per heavy atom. The van der Waals surface area contributed by atoms with E-state index < -0.39 is 19.4 Å². The summed E-state index contributed by atoms with van der Waals surface area (Å²) in [7, 11) is -3.09. The first-order valence-electron chi connectivity index (χ1n) is 4.37. The highest BCUT2D eigenvalue weighted by molar-refractivity contribution is 7.52. The molecule has 86 valence electrons. The monoisotopic (exact) mass is 244 g/mol. The van der Waals surface area contributed by atoms with Crippen LogP contribution in [-0.2, 0) is 9.30 Å². The summed E-state index contributed by atoms with van der Waals surface area (Å²) in [5, 5.41) is 0. The van der Waals surface area contributed by atoms with Crippen LogP contribution in [0, 0.1) is 0 Å². The molecule has 1 aromatic rings. The molecule has 1 unspecified atom stereocenters. The van der Waals surface area contributed by atoms with Crippen molar-refractivity contribution >= 4 is 13.6 Å². The maximum atomic E-state index is 11.3. The molecule has 0 spiro atoms. The third-order valence-electron chi connectivity index (χ3n) is 2.27. The van der Waals surface area contributed by atoms with Crippen LogP contribution >= 0.6 is 7.60 Å². The van der Waals surface area contributed by atoms with E-state index >= 15 is 0 Å². The number of hydrogen-bond acceptors (Lipinski definition) is 4. The molecule has 0 fully saturated rings. The third-order valence-corrected chi connectivity index (χ3v) is 3.26. The van der Waals surface area contributed by atoms with Gasteiger partial charge in [0.05, 0.1) is 12.7 Å². The molecule has 0 saturated heterocycles. The highest BCUT2D eigenvalue weighted by Crippen LogP contribution is 2.56. The maximum absolute atomic E-state index is 11.3. The number of ether oxygens (including phenoxy) is 2. The molecular weight excluding hydrogens is 235 g/mol. The van der Waals surface area contributed by atoms with E-state index in [1.54, 1.807) is 0 Å². The fourth-order valence-corrected chi connectivity index (χ4v) is 2.35. The summed E-state index contributed by atoms with van der Waals surface area (Å²) in [5.41, 5.74) is 0.326. The lowest BCUT2D eigenvalue weighted by Gasteiger charge is -2.12. The minimum atomic E-state index is -4.51. The first-order valence-corrected chi connectivity index (χ1v) is 6.06. The summed E-state index contributed by atoms with van der Waals surface area (Å²) >= 11 is 0. The van der Waals surface area contributed by atoms with E-state index in [0.717, 1.165) is 0 Å². The molecule has 1 atom stereocenters. The number of methoxy groups -OCH3 is 1. The van der Waals surface area contributed by atoms with E-state index in [4.69, 9.17) is 14.5 Å². The standard InChI is InChI=1S/C9H9O6P/c1-14-5-2-3-6-7(4-5)9(15-8(6)10)16(11,12)13/h2-4,9H,1H3,(H2,11,12,13). The van der Waals surface area contributed by atoms with Crippen LogP contribution in [0.15, 0.2) is 18.2 Å². The Labute approximate surface area is 91.0 Å². The lowest BCUT2D eigenvalue weighted by atomic mass is 10.1. The number of esters is 1. The lowest BCUT2D eigenvalue weighted by Crippen LogP contribution is -1.99. The molecular formula is C9H9O6P. The molecule has 1 aromatic carbocycles. The highest BCUT2D eigenvalue weighted by Gasteiger charge is 2.42. The molecule has 1 aliphatic rings. The summed E-state index contributed by atoms with van der Waals surface area (Å²) in [6.07, 6.45) is 0. The lowest BCUT2D eigenvalue weighted by molar-refractivity contribution is 0.0471. The number of carbonyl (C=O) groups excluding carboxylic acids is 1. The van der Waals surface area contributed by atoms with Crippen LogP contribution in [0.5, 0.6) is 5.75 Å². The quantitative estimate of drug-likeness (QED) is 0.596.